The van der Waals surface area contributed by atoms with Gasteiger partial charge in [-0.3, -0.25) is 4.21 Å². The van der Waals surface area contributed by atoms with Gasteiger partial charge in [-0.25, -0.2) is 0 Å². The van der Waals surface area contributed by atoms with Gasteiger partial charge in [-0.05, 0) is 23.8 Å². The predicted octanol–water partition coefficient (Wildman–Crippen LogP) is 3.55. The van der Waals surface area contributed by atoms with Crippen LogP contribution in [-0.2, 0) is 25.9 Å². The summed E-state index contributed by atoms with van der Waals surface area (Å²) in [6, 6.07) is 13.5. The molecule has 0 radical (unpaired) electrons. The lowest BCUT2D eigenvalue weighted by molar-refractivity contribution is -0.0948. The zero-order valence-electron chi connectivity index (χ0n) is 14.9. The minimum absolute atomic E-state index is 0.350. The van der Waals surface area contributed by atoms with Crippen molar-refractivity contribution < 1.29 is 23.2 Å². The number of hydrogen-bond donors (Lipinski definition) is 0. The Kier molecular flexibility index (Phi) is 4.73. The molecule has 0 spiro atoms. The fourth-order valence-electron chi connectivity index (χ4n) is 3.61. The van der Waals surface area contributed by atoms with Crippen LogP contribution in [0.25, 0.3) is 0 Å². The Balaban J connectivity index is 1.64. The van der Waals surface area contributed by atoms with Gasteiger partial charge in [-0.15, -0.1) is 0 Å². The molecule has 2 aliphatic heterocycles. The fourth-order valence-corrected chi connectivity index (χ4v) is 4.38. The molecule has 2 aromatic carbocycles. The Labute approximate surface area is 155 Å². The summed E-state index contributed by atoms with van der Waals surface area (Å²) in [4.78, 5) is 0.725. The molecule has 4 rings (SSSR count). The van der Waals surface area contributed by atoms with Gasteiger partial charge >= 0.3 is 0 Å². The van der Waals surface area contributed by atoms with Crippen molar-refractivity contribution in [2.45, 2.75) is 29.6 Å². The Bertz CT molecular complexity index is 829. The molecule has 2 heterocycles. The van der Waals surface area contributed by atoms with Crippen LogP contribution in [0, 0.1) is 0 Å². The molecule has 2 aliphatic rings. The van der Waals surface area contributed by atoms with Gasteiger partial charge in [0.05, 0.1) is 16.4 Å². The summed E-state index contributed by atoms with van der Waals surface area (Å²) >= 11 is 0. The molecule has 26 heavy (non-hydrogen) atoms. The van der Waals surface area contributed by atoms with E-state index in [1.807, 2.05) is 42.5 Å². The summed E-state index contributed by atoms with van der Waals surface area (Å²) < 4.78 is 35.4. The summed E-state index contributed by atoms with van der Waals surface area (Å²) in [6.07, 6.45) is 2.69. The van der Waals surface area contributed by atoms with E-state index >= 15 is 0 Å². The predicted molar refractivity (Wildman–Crippen MR) is 98.0 cm³/mol. The summed E-state index contributed by atoms with van der Waals surface area (Å²) in [7, 11) is 0.629. The first-order chi connectivity index (χ1) is 12.6. The second-order valence-corrected chi connectivity index (χ2v) is 7.88. The van der Waals surface area contributed by atoms with E-state index in [-0.39, 0.29) is 5.60 Å². The van der Waals surface area contributed by atoms with Crippen molar-refractivity contribution >= 4 is 10.8 Å². The average molecular weight is 374 g/mol. The SMILES string of the molecule is COC1(c2ccc3c(c2)OC(c2ccccc2S(C)=O)O3)CCOCC1. The number of methoxy groups -OCH3 is 1. The van der Waals surface area contributed by atoms with E-state index in [2.05, 4.69) is 0 Å². The van der Waals surface area contributed by atoms with E-state index < -0.39 is 17.1 Å². The lowest BCUT2D eigenvalue weighted by atomic mass is 9.86. The third kappa shape index (κ3) is 3.02. The molecule has 1 saturated heterocycles. The molecule has 6 heteroatoms. The summed E-state index contributed by atoms with van der Waals surface area (Å²) in [5.74, 6) is 1.38. The maximum absolute atomic E-state index is 12.0. The largest absolute Gasteiger partial charge is 0.447 e. The van der Waals surface area contributed by atoms with Crippen molar-refractivity contribution in [2.24, 2.45) is 0 Å². The van der Waals surface area contributed by atoms with Crippen LogP contribution >= 0.6 is 0 Å². The molecule has 0 aliphatic carbocycles. The zero-order chi connectivity index (χ0) is 18.1. The second-order valence-electron chi connectivity index (χ2n) is 6.53. The van der Waals surface area contributed by atoms with Crippen molar-refractivity contribution in [3.63, 3.8) is 0 Å². The van der Waals surface area contributed by atoms with Gasteiger partial charge < -0.3 is 18.9 Å². The molecule has 1 fully saturated rings. The quantitative estimate of drug-likeness (QED) is 0.819. The van der Waals surface area contributed by atoms with Crippen LogP contribution < -0.4 is 9.47 Å². The minimum atomic E-state index is -1.11. The minimum Gasteiger partial charge on any atom is -0.447 e. The molecule has 138 valence electrons. The van der Waals surface area contributed by atoms with E-state index in [0.29, 0.717) is 24.7 Å². The first kappa shape index (κ1) is 17.5. The van der Waals surface area contributed by atoms with Crippen molar-refractivity contribution in [2.75, 3.05) is 26.6 Å². The molecule has 2 atom stereocenters. The number of hydrogen-bond acceptors (Lipinski definition) is 5. The van der Waals surface area contributed by atoms with E-state index in [1.54, 1.807) is 13.4 Å². The van der Waals surface area contributed by atoms with Crippen LogP contribution in [0.5, 0.6) is 11.5 Å². The van der Waals surface area contributed by atoms with Gasteiger partial charge in [0, 0.05) is 49.9 Å². The lowest BCUT2D eigenvalue weighted by Crippen LogP contribution is -2.35. The number of rotatable bonds is 4. The van der Waals surface area contributed by atoms with Crippen molar-refractivity contribution in [1.29, 1.82) is 0 Å². The molecule has 2 unspecified atom stereocenters. The highest BCUT2D eigenvalue weighted by atomic mass is 32.2. The molecule has 2 aromatic rings. The van der Waals surface area contributed by atoms with E-state index in [1.165, 1.54) is 0 Å². The first-order valence-corrected chi connectivity index (χ1v) is 10.2. The highest BCUT2D eigenvalue weighted by Crippen LogP contribution is 2.45. The zero-order valence-corrected chi connectivity index (χ0v) is 15.7. The van der Waals surface area contributed by atoms with Crippen LogP contribution in [0.4, 0.5) is 0 Å². The molecular formula is C20H22O5S. The molecule has 0 bridgehead atoms. The van der Waals surface area contributed by atoms with Crippen molar-refractivity contribution in [3.05, 3.63) is 53.6 Å². The highest BCUT2D eigenvalue weighted by molar-refractivity contribution is 7.84. The monoisotopic (exact) mass is 374 g/mol. The van der Waals surface area contributed by atoms with Gasteiger partial charge in [0.25, 0.3) is 6.29 Å². The fraction of sp³-hybridized carbons (Fsp3) is 0.400. The Morgan fingerprint density at radius 2 is 1.81 bits per heavy atom. The third-order valence-corrected chi connectivity index (χ3v) is 6.10. The van der Waals surface area contributed by atoms with Crippen molar-refractivity contribution in [1.82, 2.24) is 0 Å². The molecule has 0 N–H and O–H groups in total. The molecule has 0 amide bonds. The molecule has 5 nitrogen and oxygen atoms in total. The third-order valence-electron chi connectivity index (χ3n) is 5.11. The van der Waals surface area contributed by atoms with Crippen molar-refractivity contribution in [3.8, 4) is 11.5 Å². The van der Waals surface area contributed by atoms with Gasteiger partial charge in [0.1, 0.15) is 0 Å². The summed E-state index contributed by atoms with van der Waals surface area (Å²) in [6.45, 7) is 1.36. The van der Waals surface area contributed by atoms with Crippen LogP contribution in [0.3, 0.4) is 0 Å². The Morgan fingerprint density at radius 3 is 2.54 bits per heavy atom. The molecule has 0 aromatic heterocycles. The normalized spacial score (nSPS) is 22.2. The number of fused-ring (bicyclic) bond motifs is 1. The van der Waals surface area contributed by atoms with Gasteiger partial charge in [0.2, 0.25) is 0 Å². The Morgan fingerprint density at radius 1 is 1.08 bits per heavy atom. The van der Waals surface area contributed by atoms with Gasteiger partial charge in [-0.2, -0.15) is 0 Å². The standard InChI is InChI=1S/C20H22O5S/c1-22-20(9-11-23-12-10-20)14-7-8-16-17(13-14)25-19(24-16)15-5-3-4-6-18(15)26(2)21/h3-8,13,19H,9-12H2,1-2H3. The van der Waals surface area contributed by atoms with Crippen LogP contribution in [-0.4, -0.2) is 30.8 Å². The highest BCUT2D eigenvalue weighted by Gasteiger charge is 2.37. The summed E-state index contributed by atoms with van der Waals surface area (Å²) in [5.41, 5.74) is 1.51. The molecular weight excluding hydrogens is 352 g/mol. The average Bonchev–Trinajstić information content (AvgIpc) is 3.11. The topological polar surface area (TPSA) is 54.0 Å². The van der Waals surface area contributed by atoms with E-state index in [0.717, 1.165) is 28.9 Å². The lowest BCUT2D eigenvalue weighted by Gasteiger charge is -2.36. The smallest absolute Gasteiger partial charge is 0.269 e. The maximum atomic E-state index is 12.0. The summed E-state index contributed by atoms with van der Waals surface area (Å²) in [5, 5.41) is 0. The van der Waals surface area contributed by atoms with E-state index in [9.17, 15) is 4.21 Å². The van der Waals surface area contributed by atoms with E-state index in [4.69, 9.17) is 18.9 Å². The van der Waals surface area contributed by atoms with Crippen LogP contribution in [0.1, 0.15) is 30.3 Å². The second kappa shape index (κ2) is 7.02. The Hall–Kier alpha value is -1.89. The van der Waals surface area contributed by atoms with Gasteiger partial charge in [0.15, 0.2) is 11.5 Å². The maximum Gasteiger partial charge on any atom is 0.269 e. The first-order valence-electron chi connectivity index (χ1n) is 8.66. The van der Waals surface area contributed by atoms with Gasteiger partial charge in [-0.1, -0.05) is 24.3 Å². The van der Waals surface area contributed by atoms with Crippen LogP contribution in [0.15, 0.2) is 47.4 Å². The van der Waals surface area contributed by atoms with Crippen LogP contribution in [0.2, 0.25) is 0 Å². The number of ether oxygens (including phenoxy) is 4. The molecule has 0 saturated carbocycles. The number of benzene rings is 2.